The molecular weight excluding hydrogens is 479 g/mol. The summed E-state index contributed by atoms with van der Waals surface area (Å²) in [5.74, 6) is 0. The average molecular weight is 494 g/mol. The van der Waals surface area contributed by atoms with Gasteiger partial charge in [-0.15, -0.1) is 0 Å². The molecule has 0 atom stereocenters. The monoisotopic (exact) mass is 492 g/mol. The Kier molecular flexibility index (Phi) is 6.99. The van der Waals surface area contributed by atoms with Gasteiger partial charge in [-0.05, 0) is 24.3 Å². The maximum Gasteiger partial charge on any atom is 0.153 e. The van der Waals surface area contributed by atoms with Crippen molar-refractivity contribution in [2.24, 2.45) is 0 Å². The number of hydrogen-bond acceptors (Lipinski definition) is 4. The molecule has 0 bridgehead atoms. The van der Waals surface area contributed by atoms with Crippen LogP contribution in [0.25, 0.3) is 33.1 Å². The van der Waals surface area contributed by atoms with Crippen LogP contribution >= 0.6 is 34.8 Å². The van der Waals surface area contributed by atoms with E-state index in [0.29, 0.717) is 44.2 Å². The Morgan fingerprint density at radius 1 is 0.606 bits per heavy atom. The summed E-state index contributed by atoms with van der Waals surface area (Å²) in [7, 11) is 0. The van der Waals surface area contributed by atoms with Crippen molar-refractivity contribution >= 4 is 69.2 Å². The van der Waals surface area contributed by atoms with Gasteiger partial charge in [0.15, 0.2) is 12.6 Å². The molecule has 0 N–H and O–H groups in total. The summed E-state index contributed by atoms with van der Waals surface area (Å²) in [6.45, 7) is 0. The molecule has 3 aromatic carbocycles. The first-order valence-electron chi connectivity index (χ1n) is 9.81. The largest absolute Gasteiger partial charge is 0.298 e. The van der Waals surface area contributed by atoms with Crippen LogP contribution in [0, 0.1) is 0 Å². The van der Waals surface area contributed by atoms with Crippen LogP contribution in [0.3, 0.4) is 0 Å². The van der Waals surface area contributed by atoms with Crippen molar-refractivity contribution in [2.45, 2.75) is 0 Å². The molecule has 7 heteroatoms. The van der Waals surface area contributed by atoms with E-state index in [0.717, 1.165) is 22.6 Å². The fraction of sp³-hybridized carbons (Fsp3) is 0. The highest BCUT2D eigenvalue weighted by Gasteiger charge is 2.10. The fourth-order valence-corrected chi connectivity index (χ4v) is 3.97. The first kappa shape index (κ1) is 22.9. The highest BCUT2D eigenvalue weighted by Crippen LogP contribution is 2.28. The summed E-state index contributed by atoms with van der Waals surface area (Å²) in [5.41, 5.74) is 3.85. The van der Waals surface area contributed by atoms with Crippen molar-refractivity contribution in [1.82, 2.24) is 9.97 Å². The Morgan fingerprint density at radius 2 is 1.15 bits per heavy atom. The van der Waals surface area contributed by atoms with E-state index >= 15 is 0 Å². The standard InChI is InChI=1S/C16H10ClNO.C10H5Cl2NO/c17-14-8-4-7-12-9-13(10-19)15(18-16(12)14)11-5-2-1-3-6-11;11-8-3-1-2-6-4-7(5-14)10(12)13-9(6)8/h1-10H;1-5H. The van der Waals surface area contributed by atoms with Crippen LogP contribution in [0.2, 0.25) is 15.2 Å². The SMILES string of the molecule is O=Cc1cc2cccc(Cl)c2nc1-c1ccccc1.O=Cc1cc2cccc(Cl)c2nc1Cl. The van der Waals surface area contributed by atoms with E-state index in [1.165, 1.54) is 0 Å². The third-order valence-corrected chi connectivity index (χ3v) is 5.82. The minimum Gasteiger partial charge on any atom is -0.298 e. The number of carbonyl (C=O) groups is 2. The Labute approximate surface area is 204 Å². The maximum absolute atomic E-state index is 11.3. The van der Waals surface area contributed by atoms with Crippen molar-refractivity contribution in [3.05, 3.63) is 105 Å². The number of hydrogen-bond donors (Lipinski definition) is 0. The van der Waals surface area contributed by atoms with E-state index in [4.69, 9.17) is 34.8 Å². The molecule has 0 saturated carbocycles. The number of aromatic nitrogens is 2. The van der Waals surface area contributed by atoms with E-state index < -0.39 is 0 Å². The van der Waals surface area contributed by atoms with Gasteiger partial charge in [-0.3, -0.25) is 9.59 Å². The summed E-state index contributed by atoms with van der Waals surface area (Å²) in [6, 6.07) is 24.0. The molecule has 4 nitrogen and oxygen atoms in total. The molecule has 0 radical (unpaired) electrons. The van der Waals surface area contributed by atoms with Gasteiger partial charge in [-0.25, -0.2) is 9.97 Å². The molecule has 0 amide bonds. The number of pyridine rings is 2. The number of fused-ring (bicyclic) bond motifs is 2. The van der Waals surface area contributed by atoms with Gasteiger partial charge in [-0.2, -0.15) is 0 Å². The number of aldehydes is 2. The van der Waals surface area contributed by atoms with E-state index in [1.807, 2.05) is 54.6 Å². The summed E-state index contributed by atoms with van der Waals surface area (Å²) in [5, 5.41) is 2.98. The highest BCUT2D eigenvalue weighted by atomic mass is 35.5. The van der Waals surface area contributed by atoms with E-state index in [-0.39, 0.29) is 5.15 Å². The molecule has 5 rings (SSSR count). The van der Waals surface area contributed by atoms with Crippen molar-refractivity contribution in [3.8, 4) is 11.3 Å². The van der Waals surface area contributed by atoms with Crippen molar-refractivity contribution in [3.63, 3.8) is 0 Å². The molecule has 5 aromatic rings. The molecule has 2 heterocycles. The minimum atomic E-state index is 0.181. The topological polar surface area (TPSA) is 59.9 Å². The maximum atomic E-state index is 11.3. The first-order valence-corrected chi connectivity index (χ1v) is 10.9. The zero-order chi connectivity index (χ0) is 23.4. The van der Waals surface area contributed by atoms with Crippen LogP contribution < -0.4 is 0 Å². The number of nitrogens with zero attached hydrogens (tertiary/aromatic N) is 2. The lowest BCUT2D eigenvalue weighted by atomic mass is 10.0. The second kappa shape index (κ2) is 10.1. The Hall–Kier alpha value is -3.31. The third kappa shape index (κ3) is 4.88. The van der Waals surface area contributed by atoms with Gasteiger partial charge in [-0.1, -0.05) is 89.4 Å². The number of benzene rings is 3. The van der Waals surface area contributed by atoms with Crippen LogP contribution in [0.15, 0.2) is 78.9 Å². The molecular formula is C26H15Cl3N2O2. The zero-order valence-electron chi connectivity index (χ0n) is 17.0. The molecule has 0 fully saturated rings. The Morgan fingerprint density at radius 3 is 1.73 bits per heavy atom. The Bertz CT molecular complexity index is 1490. The number of halogens is 3. The lowest BCUT2D eigenvalue weighted by Gasteiger charge is -2.07. The second-order valence-corrected chi connectivity index (χ2v) is 8.19. The van der Waals surface area contributed by atoms with Crippen LogP contribution in [0.4, 0.5) is 0 Å². The van der Waals surface area contributed by atoms with Gasteiger partial charge in [0.05, 0.1) is 32.3 Å². The van der Waals surface area contributed by atoms with Crippen LogP contribution in [-0.2, 0) is 0 Å². The summed E-state index contributed by atoms with van der Waals surface area (Å²) in [6.07, 6.45) is 1.51. The van der Waals surface area contributed by atoms with Crippen molar-refractivity contribution in [1.29, 1.82) is 0 Å². The van der Waals surface area contributed by atoms with E-state index in [2.05, 4.69) is 9.97 Å². The van der Waals surface area contributed by atoms with E-state index in [1.54, 1.807) is 24.3 Å². The van der Waals surface area contributed by atoms with Gasteiger partial charge in [0, 0.05) is 21.9 Å². The quantitative estimate of drug-likeness (QED) is 0.191. The predicted octanol–water partition coefficient (Wildman–Crippen LogP) is 7.72. The van der Waals surface area contributed by atoms with Gasteiger partial charge in [0.2, 0.25) is 0 Å². The lowest BCUT2D eigenvalue weighted by molar-refractivity contribution is 0.111. The van der Waals surface area contributed by atoms with Crippen LogP contribution in [0.5, 0.6) is 0 Å². The zero-order valence-corrected chi connectivity index (χ0v) is 19.3. The summed E-state index contributed by atoms with van der Waals surface area (Å²) < 4.78 is 0. The summed E-state index contributed by atoms with van der Waals surface area (Å²) >= 11 is 17.9. The number of rotatable bonds is 3. The molecule has 0 aliphatic heterocycles. The third-order valence-electron chi connectivity index (χ3n) is 4.90. The van der Waals surface area contributed by atoms with E-state index in [9.17, 15) is 9.59 Å². The van der Waals surface area contributed by atoms with Crippen LogP contribution in [0.1, 0.15) is 20.7 Å². The molecule has 0 aliphatic rings. The predicted molar refractivity (Wildman–Crippen MR) is 135 cm³/mol. The second-order valence-electron chi connectivity index (χ2n) is 7.02. The van der Waals surface area contributed by atoms with Gasteiger partial charge in [0.1, 0.15) is 5.15 Å². The molecule has 0 saturated heterocycles. The molecule has 0 unspecified atom stereocenters. The minimum absolute atomic E-state index is 0.181. The number of para-hydroxylation sites is 2. The van der Waals surface area contributed by atoms with Gasteiger partial charge >= 0.3 is 0 Å². The molecule has 2 aromatic heterocycles. The molecule has 0 spiro atoms. The van der Waals surface area contributed by atoms with Gasteiger partial charge in [0.25, 0.3) is 0 Å². The number of carbonyl (C=O) groups excluding carboxylic acids is 2. The normalized spacial score (nSPS) is 10.5. The Balaban J connectivity index is 0.000000165. The van der Waals surface area contributed by atoms with Crippen molar-refractivity contribution in [2.75, 3.05) is 0 Å². The molecule has 0 aliphatic carbocycles. The smallest absolute Gasteiger partial charge is 0.153 e. The van der Waals surface area contributed by atoms with Crippen LogP contribution in [-0.4, -0.2) is 22.5 Å². The molecule has 162 valence electrons. The summed E-state index contributed by atoms with van der Waals surface area (Å²) in [4.78, 5) is 30.5. The van der Waals surface area contributed by atoms with Gasteiger partial charge < -0.3 is 0 Å². The fourth-order valence-electron chi connectivity index (χ4n) is 3.33. The highest BCUT2D eigenvalue weighted by molar-refractivity contribution is 6.36. The molecule has 33 heavy (non-hydrogen) atoms. The van der Waals surface area contributed by atoms with Crippen molar-refractivity contribution < 1.29 is 9.59 Å². The first-order chi connectivity index (χ1) is 16.0. The average Bonchev–Trinajstić information content (AvgIpc) is 2.85. The lowest BCUT2D eigenvalue weighted by Crippen LogP contribution is -1.93.